The fourth-order valence-electron chi connectivity index (χ4n) is 3.97. The second-order valence-electron chi connectivity index (χ2n) is 8.12. The first-order valence-corrected chi connectivity index (χ1v) is 12.5. The molecule has 0 unspecified atom stereocenters. The van der Waals surface area contributed by atoms with E-state index < -0.39 is 10.0 Å². The van der Waals surface area contributed by atoms with E-state index in [1.165, 1.54) is 19.6 Å². The quantitative estimate of drug-likeness (QED) is 0.271. The molecule has 3 N–H and O–H groups in total. The molecule has 0 bridgehead atoms. The number of imidazole rings is 1. The molecule has 3 aromatic heterocycles. The SMILES string of the molecule is COc1cc2c(-c3c(O)[nH]c4ccccc34)ncnc2cc1OCCNS(=O)(=O)c1cn(C)c(C)n1. The summed E-state index contributed by atoms with van der Waals surface area (Å²) in [7, 11) is -0.526. The molecule has 0 spiro atoms. The maximum absolute atomic E-state index is 12.5. The molecule has 0 radical (unpaired) electrons. The van der Waals surface area contributed by atoms with E-state index in [1.807, 2.05) is 24.3 Å². The number of methoxy groups -OCH3 is 1. The van der Waals surface area contributed by atoms with Crippen LogP contribution in [0.4, 0.5) is 0 Å². The molecular formula is C24H24N6O5S. The minimum atomic E-state index is -3.76. The first-order chi connectivity index (χ1) is 17.3. The van der Waals surface area contributed by atoms with Gasteiger partial charge in [0.05, 0.1) is 23.9 Å². The molecule has 0 saturated heterocycles. The van der Waals surface area contributed by atoms with Crippen molar-refractivity contribution >= 4 is 31.8 Å². The summed E-state index contributed by atoms with van der Waals surface area (Å²) in [5.74, 6) is 1.41. The molecule has 0 amide bonds. The van der Waals surface area contributed by atoms with Crippen molar-refractivity contribution in [2.75, 3.05) is 20.3 Å². The summed E-state index contributed by atoms with van der Waals surface area (Å²) in [6.45, 7) is 1.80. The van der Waals surface area contributed by atoms with E-state index in [1.54, 1.807) is 30.7 Å². The number of aromatic nitrogens is 5. The van der Waals surface area contributed by atoms with Crippen LogP contribution >= 0.6 is 0 Å². The van der Waals surface area contributed by atoms with Gasteiger partial charge in [0, 0.05) is 42.1 Å². The van der Waals surface area contributed by atoms with Crippen LogP contribution in [-0.2, 0) is 17.1 Å². The number of para-hydroxylation sites is 1. The Morgan fingerprint density at radius 2 is 1.94 bits per heavy atom. The number of benzene rings is 2. The Morgan fingerprint density at radius 3 is 2.69 bits per heavy atom. The van der Waals surface area contributed by atoms with Crippen LogP contribution in [-0.4, -0.2) is 58.3 Å². The van der Waals surface area contributed by atoms with Gasteiger partial charge >= 0.3 is 0 Å². The van der Waals surface area contributed by atoms with Gasteiger partial charge in [-0.3, -0.25) is 0 Å². The average Bonchev–Trinajstić information content (AvgIpc) is 3.39. The number of aryl methyl sites for hydroxylation is 2. The van der Waals surface area contributed by atoms with Crippen LogP contribution < -0.4 is 14.2 Å². The zero-order valence-electron chi connectivity index (χ0n) is 19.8. The van der Waals surface area contributed by atoms with Crippen LogP contribution in [0, 0.1) is 6.92 Å². The minimum Gasteiger partial charge on any atom is -0.494 e. The summed E-state index contributed by atoms with van der Waals surface area (Å²) in [5, 5.41) is 12.0. The lowest BCUT2D eigenvalue weighted by atomic mass is 10.0. The van der Waals surface area contributed by atoms with Crippen molar-refractivity contribution in [3.05, 3.63) is 54.7 Å². The fraction of sp³-hybridized carbons (Fsp3) is 0.208. The van der Waals surface area contributed by atoms with E-state index in [0.29, 0.717) is 39.5 Å². The van der Waals surface area contributed by atoms with Gasteiger partial charge in [-0.25, -0.2) is 28.1 Å². The molecule has 0 aliphatic carbocycles. The summed E-state index contributed by atoms with van der Waals surface area (Å²) in [4.78, 5) is 15.8. The highest BCUT2D eigenvalue weighted by atomic mass is 32.2. The van der Waals surface area contributed by atoms with Crippen molar-refractivity contribution in [3.63, 3.8) is 0 Å². The van der Waals surface area contributed by atoms with E-state index >= 15 is 0 Å². The van der Waals surface area contributed by atoms with E-state index in [0.717, 1.165) is 10.9 Å². The normalized spacial score (nSPS) is 11.9. The summed E-state index contributed by atoms with van der Waals surface area (Å²) < 4.78 is 40.4. The van der Waals surface area contributed by atoms with Gasteiger partial charge in [0.1, 0.15) is 18.8 Å². The number of H-pyrrole nitrogens is 1. The van der Waals surface area contributed by atoms with E-state index in [2.05, 4.69) is 24.7 Å². The molecule has 0 saturated carbocycles. The number of rotatable bonds is 8. The topological polar surface area (TPSA) is 144 Å². The van der Waals surface area contributed by atoms with Gasteiger partial charge in [-0.15, -0.1) is 0 Å². The Bertz CT molecular complexity index is 1670. The van der Waals surface area contributed by atoms with Gasteiger partial charge in [-0.05, 0) is 19.1 Å². The number of nitrogens with zero attached hydrogens (tertiary/aromatic N) is 4. The van der Waals surface area contributed by atoms with Crippen LogP contribution in [0.5, 0.6) is 17.4 Å². The maximum Gasteiger partial charge on any atom is 0.259 e. The molecular weight excluding hydrogens is 484 g/mol. The zero-order valence-corrected chi connectivity index (χ0v) is 20.6. The van der Waals surface area contributed by atoms with E-state index in [9.17, 15) is 13.5 Å². The Labute approximate surface area is 206 Å². The van der Waals surface area contributed by atoms with Gasteiger partial charge in [-0.1, -0.05) is 18.2 Å². The zero-order chi connectivity index (χ0) is 25.4. The van der Waals surface area contributed by atoms with E-state index in [-0.39, 0.29) is 24.1 Å². The molecule has 0 aliphatic heterocycles. The van der Waals surface area contributed by atoms with Gasteiger partial charge < -0.3 is 24.1 Å². The van der Waals surface area contributed by atoms with Gasteiger partial charge in [0.25, 0.3) is 10.0 Å². The average molecular weight is 509 g/mol. The summed E-state index contributed by atoms with van der Waals surface area (Å²) in [6, 6.07) is 11.0. The molecule has 36 heavy (non-hydrogen) atoms. The van der Waals surface area contributed by atoms with Crippen molar-refractivity contribution in [3.8, 4) is 28.6 Å². The maximum atomic E-state index is 12.5. The molecule has 2 aromatic carbocycles. The Kier molecular flexibility index (Phi) is 5.98. The van der Waals surface area contributed by atoms with Gasteiger partial charge in [0.15, 0.2) is 22.4 Å². The standard InChI is InChI=1S/C24H24N6O5S/c1-14-28-21(12-30(14)2)36(32,33)27-8-9-35-20-11-18-16(10-19(20)34-3)23(26-13-25-18)22-15-6-4-5-7-17(15)29-24(22)31/h4-7,10-13,27,29,31H,8-9H2,1-3H3. The van der Waals surface area contributed by atoms with Crippen LogP contribution in [0.15, 0.2) is 53.9 Å². The Morgan fingerprint density at radius 1 is 1.14 bits per heavy atom. The first-order valence-electron chi connectivity index (χ1n) is 11.0. The number of hydrogen-bond donors (Lipinski definition) is 3. The van der Waals surface area contributed by atoms with Crippen LogP contribution in [0.25, 0.3) is 33.1 Å². The second-order valence-corrected chi connectivity index (χ2v) is 9.83. The molecule has 186 valence electrons. The number of aromatic hydroxyl groups is 1. The number of nitrogens with one attached hydrogen (secondary N) is 2. The summed E-state index contributed by atoms with van der Waals surface area (Å²) in [6.07, 6.45) is 2.87. The van der Waals surface area contributed by atoms with Crippen molar-refractivity contribution < 1.29 is 23.0 Å². The highest BCUT2D eigenvalue weighted by Crippen LogP contribution is 2.41. The highest BCUT2D eigenvalue weighted by Gasteiger charge is 2.20. The van der Waals surface area contributed by atoms with Crippen LogP contribution in [0.1, 0.15) is 5.82 Å². The molecule has 0 fully saturated rings. The molecule has 11 nitrogen and oxygen atoms in total. The lowest BCUT2D eigenvalue weighted by Crippen LogP contribution is -2.28. The van der Waals surface area contributed by atoms with Gasteiger partial charge in [0.2, 0.25) is 0 Å². The second kappa shape index (κ2) is 9.13. The van der Waals surface area contributed by atoms with Crippen LogP contribution in [0.3, 0.4) is 0 Å². The molecule has 5 rings (SSSR count). The number of fused-ring (bicyclic) bond motifs is 2. The number of hydrogen-bond acceptors (Lipinski definition) is 8. The van der Waals surface area contributed by atoms with Crippen molar-refractivity contribution in [1.29, 1.82) is 0 Å². The predicted molar refractivity (Wildman–Crippen MR) is 134 cm³/mol. The van der Waals surface area contributed by atoms with Crippen molar-refractivity contribution in [2.24, 2.45) is 7.05 Å². The first kappa shape index (κ1) is 23.6. The van der Waals surface area contributed by atoms with Gasteiger partial charge in [-0.2, -0.15) is 0 Å². The number of sulfonamides is 1. The molecule has 3 heterocycles. The third-order valence-electron chi connectivity index (χ3n) is 5.86. The monoisotopic (exact) mass is 508 g/mol. The lowest BCUT2D eigenvalue weighted by molar-refractivity contribution is 0.299. The Hall–Kier alpha value is -4.16. The fourth-order valence-corrected chi connectivity index (χ4v) is 5.02. The third-order valence-corrected chi connectivity index (χ3v) is 7.19. The Balaban J connectivity index is 1.40. The highest BCUT2D eigenvalue weighted by molar-refractivity contribution is 7.89. The van der Waals surface area contributed by atoms with Crippen molar-refractivity contribution in [2.45, 2.75) is 11.9 Å². The molecule has 12 heteroatoms. The molecule has 0 aliphatic rings. The largest absolute Gasteiger partial charge is 0.494 e. The number of ether oxygens (including phenoxy) is 2. The smallest absolute Gasteiger partial charge is 0.259 e. The number of aromatic amines is 1. The predicted octanol–water partition coefficient (Wildman–Crippen LogP) is 2.89. The molecule has 0 atom stereocenters. The van der Waals surface area contributed by atoms with E-state index in [4.69, 9.17) is 9.47 Å². The minimum absolute atomic E-state index is 0.00544. The van der Waals surface area contributed by atoms with Crippen LogP contribution in [0.2, 0.25) is 0 Å². The molecule has 5 aromatic rings. The lowest BCUT2D eigenvalue weighted by Gasteiger charge is -2.13. The third kappa shape index (κ3) is 4.20. The summed E-state index contributed by atoms with van der Waals surface area (Å²) in [5.41, 5.74) is 2.46. The van der Waals surface area contributed by atoms with Crippen molar-refractivity contribution in [1.82, 2.24) is 29.2 Å². The summed E-state index contributed by atoms with van der Waals surface area (Å²) >= 11 is 0.